The third-order valence-corrected chi connectivity index (χ3v) is 5.10. The summed E-state index contributed by atoms with van der Waals surface area (Å²) in [6.45, 7) is 0. The van der Waals surface area contributed by atoms with Crippen LogP contribution in [-0.2, 0) is 0 Å². The van der Waals surface area contributed by atoms with Crippen molar-refractivity contribution in [3.63, 3.8) is 0 Å². The SMILES string of the molecule is NC(=O)c1ccc(-c2ccc(-c3cccc4oc5ccccc5c34)cc2)cc1. The van der Waals surface area contributed by atoms with E-state index in [0.29, 0.717) is 5.56 Å². The van der Waals surface area contributed by atoms with Crippen LogP contribution in [0.25, 0.3) is 44.2 Å². The van der Waals surface area contributed by atoms with Crippen molar-refractivity contribution in [1.82, 2.24) is 0 Å². The number of carbonyl (C=O) groups is 1. The number of fused-ring (bicyclic) bond motifs is 3. The lowest BCUT2D eigenvalue weighted by atomic mass is 9.96. The van der Waals surface area contributed by atoms with Gasteiger partial charge in [0.15, 0.2) is 0 Å². The highest BCUT2D eigenvalue weighted by Gasteiger charge is 2.12. The van der Waals surface area contributed by atoms with E-state index < -0.39 is 5.91 Å². The first-order valence-corrected chi connectivity index (χ1v) is 9.12. The molecule has 5 aromatic rings. The molecule has 1 aromatic heterocycles. The Labute approximate surface area is 162 Å². The molecule has 0 saturated heterocycles. The summed E-state index contributed by atoms with van der Waals surface area (Å²) in [6.07, 6.45) is 0. The molecule has 0 radical (unpaired) electrons. The zero-order chi connectivity index (χ0) is 19.1. The van der Waals surface area contributed by atoms with Gasteiger partial charge in [0.2, 0.25) is 5.91 Å². The van der Waals surface area contributed by atoms with Gasteiger partial charge in [0.05, 0.1) is 0 Å². The van der Waals surface area contributed by atoms with Gasteiger partial charge in [0.25, 0.3) is 0 Å². The highest BCUT2D eigenvalue weighted by atomic mass is 16.3. The number of hydrogen-bond donors (Lipinski definition) is 1. The summed E-state index contributed by atoms with van der Waals surface area (Å²) in [7, 11) is 0. The largest absolute Gasteiger partial charge is 0.456 e. The summed E-state index contributed by atoms with van der Waals surface area (Å²) in [5.74, 6) is -0.415. The smallest absolute Gasteiger partial charge is 0.248 e. The Bertz CT molecular complexity index is 1310. The van der Waals surface area contributed by atoms with Crippen LogP contribution in [0.4, 0.5) is 0 Å². The van der Waals surface area contributed by atoms with Gasteiger partial charge in [-0.05, 0) is 46.5 Å². The maximum atomic E-state index is 11.2. The fourth-order valence-electron chi connectivity index (χ4n) is 3.68. The predicted molar refractivity (Wildman–Crippen MR) is 113 cm³/mol. The van der Waals surface area contributed by atoms with E-state index in [1.54, 1.807) is 12.1 Å². The van der Waals surface area contributed by atoms with Gasteiger partial charge >= 0.3 is 0 Å². The average Bonchev–Trinajstić information content (AvgIpc) is 3.13. The van der Waals surface area contributed by atoms with Crippen molar-refractivity contribution < 1.29 is 9.21 Å². The average molecular weight is 363 g/mol. The minimum absolute atomic E-state index is 0.415. The van der Waals surface area contributed by atoms with Crippen molar-refractivity contribution in [1.29, 1.82) is 0 Å². The molecule has 0 spiro atoms. The number of furan rings is 1. The summed E-state index contributed by atoms with van der Waals surface area (Å²) in [6, 6.07) is 30.0. The minimum Gasteiger partial charge on any atom is -0.456 e. The molecule has 3 nitrogen and oxygen atoms in total. The third kappa shape index (κ3) is 2.65. The predicted octanol–water partition coefficient (Wildman–Crippen LogP) is 6.02. The Morgan fingerprint density at radius 1 is 0.643 bits per heavy atom. The van der Waals surface area contributed by atoms with Crippen LogP contribution in [-0.4, -0.2) is 5.91 Å². The number of benzene rings is 4. The summed E-state index contributed by atoms with van der Waals surface area (Å²) >= 11 is 0. The molecule has 0 aliphatic carbocycles. The lowest BCUT2D eigenvalue weighted by molar-refractivity contribution is 0.100. The van der Waals surface area contributed by atoms with Crippen molar-refractivity contribution in [3.8, 4) is 22.3 Å². The van der Waals surface area contributed by atoms with Crippen LogP contribution in [0.1, 0.15) is 10.4 Å². The zero-order valence-corrected chi connectivity index (χ0v) is 15.1. The van der Waals surface area contributed by atoms with Crippen molar-refractivity contribution >= 4 is 27.8 Å². The van der Waals surface area contributed by atoms with Gasteiger partial charge in [-0.2, -0.15) is 0 Å². The molecular formula is C25H17NO2. The lowest BCUT2D eigenvalue weighted by Gasteiger charge is -2.07. The van der Waals surface area contributed by atoms with E-state index in [2.05, 4.69) is 36.4 Å². The number of nitrogens with two attached hydrogens (primary N) is 1. The molecule has 4 aromatic carbocycles. The fourth-order valence-corrected chi connectivity index (χ4v) is 3.68. The van der Waals surface area contributed by atoms with Crippen LogP contribution in [0.2, 0.25) is 0 Å². The van der Waals surface area contributed by atoms with Crippen LogP contribution in [0.5, 0.6) is 0 Å². The van der Waals surface area contributed by atoms with Crippen LogP contribution in [0.15, 0.2) is 95.4 Å². The quantitative estimate of drug-likeness (QED) is 0.426. The van der Waals surface area contributed by atoms with Crippen molar-refractivity contribution in [2.24, 2.45) is 5.73 Å². The Balaban J connectivity index is 1.58. The van der Waals surface area contributed by atoms with Crippen LogP contribution in [0, 0.1) is 0 Å². The molecule has 2 N–H and O–H groups in total. The molecule has 1 heterocycles. The van der Waals surface area contributed by atoms with Gasteiger partial charge in [-0.3, -0.25) is 4.79 Å². The van der Waals surface area contributed by atoms with E-state index in [0.717, 1.165) is 44.2 Å². The van der Waals surface area contributed by atoms with E-state index in [-0.39, 0.29) is 0 Å². The van der Waals surface area contributed by atoms with Crippen LogP contribution < -0.4 is 5.73 Å². The number of carbonyl (C=O) groups excluding carboxylic acids is 1. The van der Waals surface area contributed by atoms with Crippen LogP contribution >= 0.6 is 0 Å². The first-order chi connectivity index (χ1) is 13.7. The second-order valence-corrected chi connectivity index (χ2v) is 6.80. The maximum Gasteiger partial charge on any atom is 0.248 e. The van der Waals surface area contributed by atoms with E-state index in [9.17, 15) is 4.79 Å². The van der Waals surface area contributed by atoms with Gasteiger partial charge in [-0.1, -0.05) is 66.7 Å². The first-order valence-electron chi connectivity index (χ1n) is 9.12. The van der Waals surface area contributed by atoms with E-state index in [1.165, 1.54) is 0 Å². The van der Waals surface area contributed by atoms with Gasteiger partial charge < -0.3 is 10.2 Å². The first kappa shape index (κ1) is 16.3. The highest BCUT2D eigenvalue weighted by Crippen LogP contribution is 2.37. The molecule has 5 rings (SSSR count). The lowest BCUT2D eigenvalue weighted by Crippen LogP contribution is -2.10. The maximum absolute atomic E-state index is 11.2. The third-order valence-electron chi connectivity index (χ3n) is 5.10. The molecule has 0 aliphatic heterocycles. The standard InChI is InChI=1S/C25H17NO2/c26-25(27)19-14-10-17(11-15-19)16-8-12-18(13-9-16)20-5-3-7-23-24(20)21-4-1-2-6-22(21)28-23/h1-15H,(H2,26,27). The Morgan fingerprint density at radius 3 is 1.96 bits per heavy atom. The molecule has 3 heteroatoms. The normalized spacial score (nSPS) is 11.1. The van der Waals surface area contributed by atoms with Crippen molar-refractivity contribution in [2.75, 3.05) is 0 Å². The number of rotatable bonds is 3. The molecule has 0 fully saturated rings. The molecule has 0 unspecified atom stereocenters. The Kier molecular flexibility index (Phi) is 3.73. The molecule has 0 bridgehead atoms. The summed E-state index contributed by atoms with van der Waals surface area (Å²) in [5.41, 5.74) is 12.0. The molecule has 28 heavy (non-hydrogen) atoms. The fraction of sp³-hybridized carbons (Fsp3) is 0. The zero-order valence-electron chi connectivity index (χ0n) is 15.1. The molecule has 0 aliphatic rings. The topological polar surface area (TPSA) is 56.2 Å². The summed E-state index contributed by atoms with van der Waals surface area (Å²) in [4.78, 5) is 11.2. The van der Waals surface area contributed by atoms with Gasteiger partial charge in [0.1, 0.15) is 11.2 Å². The van der Waals surface area contributed by atoms with Gasteiger partial charge in [0, 0.05) is 16.3 Å². The summed E-state index contributed by atoms with van der Waals surface area (Å²) in [5, 5.41) is 2.26. The van der Waals surface area contributed by atoms with E-state index >= 15 is 0 Å². The highest BCUT2D eigenvalue weighted by molar-refractivity contribution is 6.12. The minimum atomic E-state index is -0.415. The van der Waals surface area contributed by atoms with Gasteiger partial charge in [-0.25, -0.2) is 0 Å². The number of para-hydroxylation sites is 1. The molecule has 1 amide bonds. The Hall–Kier alpha value is -3.85. The molecule has 134 valence electrons. The number of amides is 1. The molecule has 0 saturated carbocycles. The molecule has 0 atom stereocenters. The van der Waals surface area contributed by atoms with Crippen LogP contribution in [0.3, 0.4) is 0 Å². The van der Waals surface area contributed by atoms with Crippen molar-refractivity contribution in [3.05, 3.63) is 96.6 Å². The van der Waals surface area contributed by atoms with E-state index in [4.69, 9.17) is 10.2 Å². The van der Waals surface area contributed by atoms with Crippen molar-refractivity contribution in [2.45, 2.75) is 0 Å². The molecular weight excluding hydrogens is 346 g/mol. The van der Waals surface area contributed by atoms with E-state index in [1.807, 2.05) is 42.5 Å². The summed E-state index contributed by atoms with van der Waals surface area (Å²) < 4.78 is 6.00. The van der Waals surface area contributed by atoms with Gasteiger partial charge in [-0.15, -0.1) is 0 Å². The number of hydrogen-bond acceptors (Lipinski definition) is 2. The second-order valence-electron chi connectivity index (χ2n) is 6.80. The Morgan fingerprint density at radius 2 is 1.25 bits per heavy atom. The second kappa shape index (κ2) is 6.39. The number of primary amides is 1. The monoisotopic (exact) mass is 363 g/mol.